The second kappa shape index (κ2) is 14.3. The highest BCUT2D eigenvalue weighted by Crippen LogP contribution is 2.31. The lowest BCUT2D eigenvalue weighted by Crippen LogP contribution is -2.40. The zero-order valence-electron chi connectivity index (χ0n) is 23.7. The van der Waals surface area contributed by atoms with Crippen LogP contribution in [0.5, 0.6) is 5.75 Å². The largest absolute Gasteiger partial charge is 0.484 e. The number of carbonyl (C=O) groups is 2. The second-order valence-corrected chi connectivity index (χ2v) is 12.5. The summed E-state index contributed by atoms with van der Waals surface area (Å²) in [5, 5.41) is 7.38. The van der Waals surface area contributed by atoms with Crippen molar-refractivity contribution in [3.05, 3.63) is 88.4 Å². The summed E-state index contributed by atoms with van der Waals surface area (Å²) in [4.78, 5) is 25.1. The SMILES string of the molecule is Cc1ccc(S(=O)(=O)N(CC(=O)N/N=C\c2ccc(OCC(=O)NC3CCCCC3)cc2)c2cccc(Cl)c2C)cc1. The number of rotatable bonds is 11. The quantitative estimate of drug-likeness (QED) is 0.231. The van der Waals surface area contributed by atoms with E-state index in [1.165, 1.54) is 24.8 Å². The van der Waals surface area contributed by atoms with E-state index in [4.69, 9.17) is 16.3 Å². The highest BCUT2D eigenvalue weighted by Gasteiger charge is 2.28. The zero-order chi connectivity index (χ0) is 30.1. The van der Waals surface area contributed by atoms with Crippen LogP contribution in [0.3, 0.4) is 0 Å². The summed E-state index contributed by atoms with van der Waals surface area (Å²) < 4.78 is 33.8. The van der Waals surface area contributed by atoms with Crippen molar-refractivity contribution in [3.8, 4) is 5.75 Å². The Balaban J connectivity index is 1.36. The fraction of sp³-hybridized carbons (Fsp3) is 0.323. The number of nitrogens with one attached hydrogen (secondary N) is 2. The number of hydrazone groups is 1. The maximum atomic E-state index is 13.6. The first-order valence-electron chi connectivity index (χ1n) is 13.8. The van der Waals surface area contributed by atoms with Gasteiger partial charge >= 0.3 is 0 Å². The summed E-state index contributed by atoms with van der Waals surface area (Å²) in [6.07, 6.45) is 6.96. The fourth-order valence-electron chi connectivity index (χ4n) is 4.66. The Morgan fingerprint density at radius 1 is 0.976 bits per heavy atom. The number of nitrogens with zero attached hydrogens (tertiary/aromatic N) is 2. The molecule has 0 heterocycles. The van der Waals surface area contributed by atoms with Crippen LogP contribution in [-0.4, -0.2) is 45.6 Å². The van der Waals surface area contributed by atoms with Crippen LogP contribution in [0.2, 0.25) is 5.02 Å². The molecule has 9 nitrogen and oxygen atoms in total. The average molecular weight is 611 g/mol. The Morgan fingerprint density at radius 2 is 1.67 bits per heavy atom. The van der Waals surface area contributed by atoms with Gasteiger partial charge in [0.1, 0.15) is 12.3 Å². The molecule has 0 aliphatic heterocycles. The van der Waals surface area contributed by atoms with Crippen molar-refractivity contribution < 1.29 is 22.7 Å². The topological polar surface area (TPSA) is 117 Å². The number of halogens is 1. The lowest BCUT2D eigenvalue weighted by atomic mass is 9.95. The predicted molar refractivity (Wildman–Crippen MR) is 165 cm³/mol. The van der Waals surface area contributed by atoms with Crippen molar-refractivity contribution in [1.29, 1.82) is 0 Å². The summed E-state index contributed by atoms with van der Waals surface area (Å²) in [7, 11) is -4.09. The van der Waals surface area contributed by atoms with E-state index in [0.29, 0.717) is 27.6 Å². The fourth-order valence-corrected chi connectivity index (χ4v) is 6.31. The Kier molecular flexibility index (Phi) is 10.6. The van der Waals surface area contributed by atoms with E-state index in [0.717, 1.165) is 35.6 Å². The van der Waals surface area contributed by atoms with E-state index < -0.39 is 22.5 Å². The van der Waals surface area contributed by atoms with Crippen LogP contribution < -0.4 is 19.8 Å². The molecule has 0 atom stereocenters. The number of aryl methyl sites for hydroxylation is 1. The molecule has 11 heteroatoms. The van der Waals surface area contributed by atoms with Crippen LogP contribution in [0, 0.1) is 13.8 Å². The lowest BCUT2D eigenvalue weighted by molar-refractivity contribution is -0.124. The molecule has 1 fully saturated rings. The van der Waals surface area contributed by atoms with Crippen molar-refractivity contribution in [2.45, 2.75) is 56.9 Å². The minimum absolute atomic E-state index is 0.0533. The number of carbonyl (C=O) groups excluding carboxylic acids is 2. The summed E-state index contributed by atoms with van der Waals surface area (Å²) in [6, 6.07) is 18.4. The van der Waals surface area contributed by atoms with Crippen molar-refractivity contribution in [3.63, 3.8) is 0 Å². The van der Waals surface area contributed by atoms with Gasteiger partial charge < -0.3 is 10.1 Å². The highest BCUT2D eigenvalue weighted by atomic mass is 35.5. The molecule has 1 saturated carbocycles. The van der Waals surface area contributed by atoms with Crippen LogP contribution in [0.4, 0.5) is 5.69 Å². The number of hydrogen-bond acceptors (Lipinski definition) is 6. The molecule has 222 valence electrons. The maximum absolute atomic E-state index is 13.6. The third-order valence-corrected chi connectivity index (χ3v) is 9.21. The molecular formula is C31H35ClN4O5S. The third-order valence-electron chi connectivity index (χ3n) is 7.03. The lowest BCUT2D eigenvalue weighted by Gasteiger charge is -2.25. The van der Waals surface area contributed by atoms with Gasteiger partial charge in [-0.15, -0.1) is 0 Å². The van der Waals surface area contributed by atoms with E-state index in [9.17, 15) is 18.0 Å². The second-order valence-electron chi connectivity index (χ2n) is 10.3. The Hall–Kier alpha value is -3.89. The molecule has 2 amide bonds. The van der Waals surface area contributed by atoms with Gasteiger partial charge in [0, 0.05) is 11.1 Å². The van der Waals surface area contributed by atoms with Gasteiger partial charge in [-0.05, 0) is 86.3 Å². The van der Waals surface area contributed by atoms with Crippen LogP contribution in [0.25, 0.3) is 0 Å². The third kappa shape index (κ3) is 8.33. The molecule has 1 aliphatic rings. The van der Waals surface area contributed by atoms with E-state index in [1.807, 2.05) is 6.92 Å². The number of hydrogen-bond donors (Lipinski definition) is 2. The smallest absolute Gasteiger partial charge is 0.264 e. The molecular weight excluding hydrogens is 576 g/mol. The monoisotopic (exact) mass is 610 g/mol. The van der Waals surface area contributed by atoms with Gasteiger partial charge in [0.15, 0.2) is 6.61 Å². The summed E-state index contributed by atoms with van der Waals surface area (Å²) in [6.45, 7) is 2.99. The molecule has 2 N–H and O–H groups in total. The van der Waals surface area contributed by atoms with Gasteiger partial charge in [-0.3, -0.25) is 13.9 Å². The van der Waals surface area contributed by atoms with E-state index in [1.54, 1.807) is 61.5 Å². The van der Waals surface area contributed by atoms with Crippen molar-refractivity contribution in [2.75, 3.05) is 17.5 Å². The predicted octanol–water partition coefficient (Wildman–Crippen LogP) is 5.13. The Labute approximate surface area is 252 Å². The van der Waals surface area contributed by atoms with Gasteiger partial charge in [-0.1, -0.05) is 54.6 Å². The molecule has 0 bridgehead atoms. The zero-order valence-corrected chi connectivity index (χ0v) is 25.2. The highest BCUT2D eigenvalue weighted by molar-refractivity contribution is 7.92. The first kappa shape index (κ1) is 31.1. The summed E-state index contributed by atoms with van der Waals surface area (Å²) >= 11 is 6.27. The summed E-state index contributed by atoms with van der Waals surface area (Å²) in [5.74, 6) is -0.240. The van der Waals surface area contributed by atoms with Gasteiger partial charge in [0.05, 0.1) is 16.8 Å². The van der Waals surface area contributed by atoms with Crippen LogP contribution >= 0.6 is 11.6 Å². The minimum Gasteiger partial charge on any atom is -0.484 e. The molecule has 4 rings (SSSR count). The van der Waals surface area contributed by atoms with Crippen molar-refractivity contribution >= 4 is 45.3 Å². The van der Waals surface area contributed by atoms with E-state index in [-0.39, 0.29) is 23.5 Å². The summed E-state index contributed by atoms with van der Waals surface area (Å²) in [5.41, 5.74) is 4.80. The molecule has 0 saturated heterocycles. The molecule has 0 radical (unpaired) electrons. The van der Waals surface area contributed by atoms with E-state index in [2.05, 4.69) is 15.8 Å². The van der Waals surface area contributed by atoms with Gasteiger partial charge in [0.25, 0.3) is 21.8 Å². The Morgan fingerprint density at radius 3 is 2.36 bits per heavy atom. The molecule has 42 heavy (non-hydrogen) atoms. The van der Waals surface area contributed by atoms with E-state index >= 15 is 0 Å². The molecule has 0 spiro atoms. The number of benzene rings is 3. The van der Waals surface area contributed by atoms with Gasteiger partial charge in [-0.2, -0.15) is 5.10 Å². The molecule has 3 aromatic carbocycles. The van der Waals surface area contributed by atoms with Crippen LogP contribution in [-0.2, 0) is 19.6 Å². The number of amides is 2. The number of sulfonamides is 1. The van der Waals surface area contributed by atoms with Crippen LogP contribution in [0.15, 0.2) is 76.7 Å². The first-order valence-corrected chi connectivity index (χ1v) is 15.6. The van der Waals surface area contributed by atoms with Gasteiger partial charge in [0.2, 0.25) is 0 Å². The molecule has 0 aromatic heterocycles. The maximum Gasteiger partial charge on any atom is 0.264 e. The van der Waals surface area contributed by atoms with Gasteiger partial charge in [-0.25, -0.2) is 13.8 Å². The normalized spacial score (nSPS) is 14.0. The number of anilines is 1. The Bertz CT molecular complexity index is 1520. The number of ether oxygens (including phenoxy) is 1. The molecule has 1 aliphatic carbocycles. The van der Waals surface area contributed by atoms with Crippen molar-refractivity contribution in [1.82, 2.24) is 10.7 Å². The first-order chi connectivity index (χ1) is 20.1. The minimum atomic E-state index is -4.09. The molecule has 0 unspecified atom stereocenters. The van der Waals surface area contributed by atoms with Crippen molar-refractivity contribution in [2.24, 2.45) is 5.10 Å². The average Bonchev–Trinajstić information content (AvgIpc) is 2.98. The standard InChI is InChI=1S/C31H35ClN4O5S/c1-22-11-17-27(18-12-22)42(39,40)36(29-10-6-9-28(32)23(29)2)20-30(37)35-33-19-24-13-15-26(16-14-24)41-21-31(38)34-25-7-4-3-5-8-25/h6,9-19,25H,3-5,7-8,20-21H2,1-2H3,(H,34,38)(H,35,37)/b33-19-. The molecule has 3 aromatic rings. The van der Waals surface area contributed by atoms with Crippen LogP contribution in [0.1, 0.15) is 48.8 Å².